The van der Waals surface area contributed by atoms with Crippen molar-refractivity contribution in [3.8, 4) is 0 Å². The molecule has 2 rings (SSSR count). The van der Waals surface area contributed by atoms with Crippen molar-refractivity contribution in [2.45, 2.75) is 36.2 Å². The first-order valence-corrected chi connectivity index (χ1v) is 12.6. The zero-order chi connectivity index (χ0) is 23.6. The van der Waals surface area contributed by atoms with Crippen LogP contribution >= 0.6 is 11.6 Å². The number of halogens is 1. The van der Waals surface area contributed by atoms with E-state index in [0.29, 0.717) is 5.56 Å². The standard InChI is InChI=1S/C20H26ClN3O5S2/c1-14(2)24(5)31(28,29)16-8-6-15(7-9-16)13-22-20(25)18-12-17(10-11-19(18)21)30(26,27)23(3)4/h6-12,14H,13H2,1-5H3,(H,22,25). The van der Waals surface area contributed by atoms with Crippen molar-refractivity contribution in [3.05, 3.63) is 58.6 Å². The third-order valence-electron chi connectivity index (χ3n) is 4.74. The van der Waals surface area contributed by atoms with Crippen LogP contribution in [0.3, 0.4) is 0 Å². The Balaban J connectivity index is 2.17. The van der Waals surface area contributed by atoms with Gasteiger partial charge in [-0.05, 0) is 49.7 Å². The monoisotopic (exact) mass is 487 g/mol. The number of rotatable bonds is 8. The highest BCUT2D eigenvalue weighted by Crippen LogP contribution is 2.22. The van der Waals surface area contributed by atoms with E-state index in [2.05, 4.69) is 5.32 Å². The van der Waals surface area contributed by atoms with E-state index in [1.54, 1.807) is 26.0 Å². The van der Waals surface area contributed by atoms with E-state index < -0.39 is 26.0 Å². The number of carbonyl (C=O) groups is 1. The molecule has 0 aliphatic rings. The first-order valence-electron chi connectivity index (χ1n) is 9.35. The molecule has 0 heterocycles. The maximum absolute atomic E-state index is 12.6. The minimum absolute atomic E-state index is 0.0300. The molecule has 0 spiro atoms. The zero-order valence-corrected chi connectivity index (χ0v) is 20.3. The van der Waals surface area contributed by atoms with Crippen molar-refractivity contribution in [1.29, 1.82) is 0 Å². The van der Waals surface area contributed by atoms with E-state index in [1.165, 1.54) is 55.8 Å². The second-order valence-corrected chi connectivity index (χ2v) is 11.9. The van der Waals surface area contributed by atoms with Crippen LogP contribution in [0.5, 0.6) is 0 Å². The van der Waals surface area contributed by atoms with Crippen molar-refractivity contribution < 1.29 is 21.6 Å². The van der Waals surface area contributed by atoms with Crippen LogP contribution in [-0.2, 0) is 26.6 Å². The first-order chi connectivity index (χ1) is 14.3. The van der Waals surface area contributed by atoms with Gasteiger partial charge in [-0.1, -0.05) is 23.7 Å². The van der Waals surface area contributed by atoms with Gasteiger partial charge in [-0.25, -0.2) is 21.1 Å². The van der Waals surface area contributed by atoms with E-state index in [9.17, 15) is 21.6 Å². The first kappa shape index (κ1) is 25.3. The van der Waals surface area contributed by atoms with Crippen LogP contribution < -0.4 is 5.32 Å². The van der Waals surface area contributed by atoms with Gasteiger partial charge in [0.2, 0.25) is 20.0 Å². The highest BCUT2D eigenvalue weighted by Gasteiger charge is 2.23. The maximum atomic E-state index is 12.6. The van der Waals surface area contributed by atoms with Crippen LogP contribution in [-0.4, -0.2) is 58.5 Å². The van der Waals surface area contributed by atoms with Crippen LogP contribution in [0.2, 0.25) is 5.02 Å². The number of nitrogens with one attached hydrogen (secondary N) is 1. The van der Waals surface area contributed by atoms with Crippen LogP contribution in [0.15, 0.2) is 52.3 Å². The molecule has 0 bridgehead atoms. The SMILES string of the molecule is CC(C)N(C)S(=O)(=O)c1ccc(CNC(=O)c2cc(S(=O)(=O)N(C)C)ccc2Cl)cc1. The molecule has 0 unspecified atom stereocenters. The molecular weight excluding hydrogens is 462 g/mol. The number of hydrogen-bond acceptors (Lipinski definition) is 5. The fraction of sp³-hybridized carbons (Fsp3) is 0.350. The summed E-state index contributed by atoms with van der Waals surface area (Å²) in [6, 6.07) is 9.91. The van der Waals surface area contributed by atoms with Crippen LogP contribution in [0.25, 0.3) is 0 Å². The van der Waals surface area contributed by atoms with Gasteiger partial charge in [0.1, 0.15) is 0 Å². The van der Waals surface area contributed by atoms with Gasteiger partial charge in [0.05, 0.1) is 20.4 Å². The molecular formula is C20H26ClN3O5S2. The summed E-state index contributed by atoms with van der Waals surface area (Å²) < 4.78 is 52.0. The minimum atomic E-state index is -3.72. The molecule has 2 aromatic carbocycles. The molecule has 0 atom stereocenters. The molecule has 0 radical (unpaired) electrons. The van der Waals surface area contributed by atoms with Gasteiger partial charge in [-0.3, -0.25) is 4.79 Å². The molecule has 0 aliphatic carbocycles. The average molecular weight is 488 g/mol. The number of amides is 1. The predicted octanol–water partition coefficient (Wildman–Crippen LogP) is 2.55. The molecule has 8 nitrogen and oxygen atoms in total. The van der Waals surface area contributed by atoms with Gasteiger partial charge >= 0.3 is 0 Å². The zero-order valence-electron chi connectivity index (χ0n) is 18.0. The lowest BCUT2D eigenvalue weighted by Crippen LogP contribution is -2.33. The number of sulfonamides is 2. The van der Waals surface area contributed by atoms with E-state index in [0.717, 1.165) is 4.31 Å². The molecule has 31 heavy (non-hydrogen) atoms. The van der Waals surface area contributed by atoms with Gasteiger partial charge in [0.25, 0.3) is 5.91 Å². The molecule has 0 saturated heterocycles. The highest BCUT2D eigenvalue weighted by atomic mass is 35.5. The highest BCUT2D eigenvalue weighted by molar-refractivity contribution is 7.89. The van der Waals surface area contributed by atoms with Gasteiger partial charge < -0.3 is 5.32 Å². The number of carbonyl (C=O) groups excluding carboxylic acids is 1. The summed E-state index contributed by atoms with van der Waals surface area (Å²) in [5.74, 6) is -0.544. The Hall–Kier alpha value is -1.98. The quantitative estimate of drug-likeness (QED) is 0.616. The molecule has 0 fully saturated rings. The lowest BCUT2D eigenvalue weighted by Gasteiger charge is -2.21. The Morgan fingerprint density at radius 2 is 1.48 bits per heavy atom. The molecule has 0 aromatic heterocycles. The van der Waals surface area contributed by atoms with Crippen molar-refractivity contribution in [1.82, 2.24) is 13.9 Å². The van der Waals surface area contributed by atoms with Crippen molar-refractivity contribution >= 4 is 37.6 Å². The summed E-state index contributed by atoms with van der Waals surface area (Å²) in [5.41, 5.74) is 0.704. The summed E-state index contributed by atoms with van der Waals surface area (Å²) in [6.45, 7) is 3.68. The average Bonchev–Trinajstić information content (AvgIpc) is 2.71. The minimum Gasteiger partial charge on any atom is -0.348 e. The van der Waals surface area contributed by atoms with E-state index in [1.807, 2.05) is 0 Å². The molecule has 11 heteroatoms. The number of benzene rings is 2. The number of hydrogen-bond donors (Lipinski definition) is 1. The second-order valence-electron chi connectivity index (χ2n) is 7.37. The summed E-state index contributed by atoms with van der Waals surface area (Å²) >= 11 is 6.09. The molecule has 1 N–H and O–H groups in total. The Labute approximate surface area is 188 Å². The molecule has 2 aromatic rings. The van der Waals surface area contributed by atoms with Crippen molar-refractivity contribution in [2.24, 2.45) is 0 Å². The predicted molar refractivity (Wildman–Crippen MR) is 120 cm³/mol. The van der Waals surface area contributed by atoms with E-state index in [4.69, 9.17) is 11.6 Å². The lowest BCUT2D eigenvalue weighted by atomic mass is 10.2. The Morgan fingerprint density at radius 3 is 2.00 bits per heavy atom. The van der Waals surface area contributed by atoms with Crippen LogP contribution in [0.1, 0.15) is 29.8 Å². The van der Waals surface area contributed by atoms with Crippen molar-refractivity contribution in [3.63, 3.8) is 0 Å². The normalized spacial score (nSPS) is 12.5. The summed E-state index contributed by atoms with van der Waals surface area (Å²) in [6.07, 6.45) is 0. The van der Waals surface area contributed by atoms with Crippen molar-refractivity contribution in [2.75, 3.05) is 21.1 Å². The fourth-order valence-corrected chi connectivity index (χ4v) is 5.05. The van der Waals surface area contributed by atoms with Gasteiger partial charge in [0.15, 0.2) is 0 Å². The largest absolute Gasteiger partial charge is 0.348 e. The second kappa shape index (κ2) is 9.66. The number of nitrogens with zero attached hydrogens (tertiary/aromatic N) is 2. The molecule has 1 amide bonds. The third-order valence-corrected chi connectivity index (χ3v) is 8.93. The van der Waals surface area contributed by atoms with Gasteiger partial charge in [-0.2, -0.15) is 4.31 Å². The van der Waals surface area contributed by atoms with Gasteiger partial charge in [-0.15, -0.1) is 0 Å². The van der Waals surface area contributed by atoms with Crippen LogP contribution in [0.4, 0.5) is 0 Å². The Bertz CT molecular complexity index is 1160. The summed E-state index contributed by atoms with van der Waals surface area (Å²) in [4.78, 5) is 12.7. The van der Waals surface area contributed by atoms with Gasteiger partial charge in [0, 0.05) is 33.7 Å². The molecule has 0 saturated carbocycles. The smallest absolute Gasteiger partial charge is 0.253 e. The van der Waals surface area contributed by atoms with Crippen LogP contribution in [0, 0.1) is 0 Å². The molecule has 170 valence electrons. The maximum Gasteiger partial charge on any atom is 0.253 e. The molecule has 0 aliphatic heterocycles. The Morgan fingerprint density at radius 1 is 0.935 bits per heavy atom. The lowest BCUT2D eigenvalue weighted by molar-refractivity contribution is 0.0951. The Kier molecular flexibility index (Phi) is 7.88. The summed E-state index contributed by atoms with van der Waals surface area (Å²) in [5, 5.41) is 2.79. The van der Waals surface area contributed by atoms with E-state index in [-0.39, 0.29) is 33.0 Å². The fourth-order valence-electron chi connectivity index (χ4n) is 2.55. The summed E-state index contributed by atoms with van der Waals surface area (Å²) in [7, 11) is -3.00. The topological polar surface area (TPSA) is 104 Å². The third kappa shape index (κ3) is 5.64. The van der Waals surface area contributed by atoms with E-state index >= 15 is 0 Å².